The fourth-order valence-electron chi connectivity index (χ4n) is 4.06. The molecule has 1 saturated heterocycles. The van der Waals surface area contributed by atoms with E-state index in [-0.39, 0.29) is 0 Å². The summed E-state index contributed by atoms with van der Waals surface area (Å²) in [5.41, 5.74) is 0.531. The average molecular weight is 299 g/mol. The summed E-state index contributed by atoms with van der Waals surface area (Å²) in [6, 6.07) is 0.611. The zero-order valence-electron chi connectivity index (χ0n) is 14.0. The third-order valence-electron chi connectivity index (χ3n) is 4.96. The van der Waals surface area contributed by atoms with Crippen LogP contribution >= 0.6 is 11.8 Å². The van der Waals surface area contributed by atoms with Gasteiger partial charge in [-0.2, -0.15) is 11.8 Å². The highest BCUT2D eigenvalue weighted by atomic mass is 32.2. The Morgan fingerprint density at radius 3 is 2.80 bits per heavy atom. The molecular weight excluding hydrogens is 264 g/mol. The third-order valence-corrected chi connectivity index (χ3v) is 6.09. The van der Waals surface area contributed by atoms with Gasteiger partial charge in [0.15, 0.2) is 0 Å². The molecule has 3 unspecified atom stereocenters. The summed E-state index contributed by atoms with van der Waals surface area (Å²) >= 11 is 2.14. The van der Waals surface area contributed by atoms with E-state index < -0.39 is 0 Å². The molecule has 2 fully saturated rings. The summed E-state index contributed by atoms with van der Waals surface area (Å²) in [7, 11) is 0. The van der Waals surface area contributed by atoms with Gasteiger partial charge in [0.1, 0.15) is 0 Å². The molecule has 0 radical (unpaired) electrons. The van der Waals surface area contributed by atoms with Crippen LogP contribution in [0.1, 0.15) is 53.4 Å². The summed E-state index contributed by atoms with van der Waals surface area (Å²) in [6.45, 7) is 14.5. The molecule has 0 bridgehead atoms. The number of nitrogens with zero attached hydrogens (tertiary/aromatic N) is 1. The molecule has 0 amide bonds. The molecule has 3 atom stereocenters. The Labute approximate surface area is 130 Å². The molecule has 1 N–H and O–H groups in total. The van der Waals surface area contributed by atoms with Crippen molar-refractivity contribution in [2.75, 3.05) is 31.9 Å². The van der Waals surface area contributed by atoms with Gasteiger partial charge in [-0.3, -0.25) is 0 Å². The SMILES string of the molecule is CC1CCCC(CNC(C)C)(CN2CCSC(C)C2)C1. The smallest absolute Gasteiger partial charge is 0.0147 e. The van der Waals surface area contributed by atoms with Gasteiger partial charge in [0.05, 0.1) is 0 Å². The molecule has 1 heterocycles. The van der Waals surface area contributed by atoms with Crippen molar-refractivity contribution in [1.29, 1.82) is 0 Å². The molecule has 1 saturated carbocycles. The van der Waals surface area contributed by atoms with E-state index in [9.17, 15) is 0 Å². The van der Waals surface area contributed by atoms with Crippen LogP contribution in [0.2, 0.25) is 0 Å². The van der Waals surface area contributed by atoms with Crippen LogP contribution in [0.15, 0.2) is 0 Å². The van der Waals surface area contributed by atoms with Crippen LogP contribution in [0, 0.1) is 11.3 Å². The number of thioether (sulfide) groups is 1. The lowest BCUT2D eigenvalue weighted by Crippen LogP contribution is -2.50. The van der Waals surface area contributed by atoms with Crippen molar-refractivity contribution >= 4 is 11.8 Å². The standard InChI is InChI=1S/C17H34N2S/c1-14(2)18-12-17(7-5-6-15(3)10-17)13-19-8-9-20-16(4)11-19/h14-16,18H,5-13H2,1-4H3. The Balaban J connectivity index is 1.97. The van der Waals surface area contributed by atoms with Crippen LogP contribution < -0.4 is 5.32 Å². The summed E-state index contributed by atoms with van der Waals surface area (Å²) in [6.07, 6.45) is 5.72. The first-order valence-corrected chi connectivity index (χ1v) is 9.61. The maximum absolute atomic E-state index is 3.75. The van der Waals surface area contributed by atoms with Gasteiger partial charge in [-0.1, -0.05) is 40.5 Å². The molecule has 118 valence electrons. The van der Waals surface area contributed by atoms with Crippen molar-refractivity contribution in [3.05, 3.63) is 0 Å². The van der Waals surface area contributed by atoms with Crippen LogP contribution in [-0.2, 0) is 0 Å². The Kier molecular flexibility index (Phi) is 6.25. The van der Waals surface area contributed by atoms with Crippen molar-refractivity contribution in [1.82, 2.24) is 10.2 Å². The Morgan fingerprint density at radius 1 is 1.35 bits per heavy atom. The van der Waals surface area contributed by atoms with E-state index in [1.165, 1.54) is 57.6 Å². The minimum Gasteiger partial charge on any atom is -0.314 e. The minimum absolute atomic E-state index is 0.531. The van der Waals surface area contributed by atoms with E-state index in [1.807, 2.05) is 0 Å². The van der Waals surface area contributed by atoms with Gasteiger partial charge in [-0.05, 0) is 24.2 Å². The van der Waals surface area contributed by atoms with E-state index in [1.54, 1.807) is 0 Å². The maximum Gasteiger partial charge on any atom is 0.0147 e. The minimum atomic E-state index is 0.531. The molecule has 0 aromatic carbocycles. The van der Waals surface area contributed by atoms with Gasteiger partial charge in [-0.15, -0.1) is 0 Å². The first kappa shape index (κ1) is 16.6. The highest BCUT2D eigenvalue weighted by Gasteiger charge is 2.37. The number of hydrogen-bond acceptors (Lipinski definition) is 3. The van der Waals surface area contributed by atoms with Crippen molar-refractivity contribution in [3.63, 3.8) is 0 Å². The van der Waals surface area contributed by atoms with E-state index in [0.29, 0.717) is 11.5 Å². The molecule has 2 aliphatic rings. The molecule has 0 spiro atoms. The Morgan fingerprint density at radius 2 is 2.15 bits per heavy atom. The summed E-state index contributed by atoms with van der Waals surface area (Å²) in [4.78, 5) is 2.75. The average Bonchev–Trinajstić information content (AvgIpc) is 2.36. The van der Waals surface area contributed by atoms with Gasteiger partial charge < -0.3 is 10.2 Å². The topological polar surface area (TPSA) is 15.3 Å². The third kappa shape index (κ3) is 4.92. The molecule has 3 heteroatoms. The molecule has 0 aromatic rings. The van der Waals surface area contributed by atoms with Gasteiger partial charge >= 0.3 is 0 Å². The number of nitrogens with one attached hydrogen (secondary N) is 1. The zero-order chi connectivity index (χ0) is 14.6. The van der Waals surface area contributed by atoms with E-state index >= 15 is 0 Å². The fourth-order valence-corrected chi connectivity index (χ4v) is 5.14. The monoisotopic (exact) mass is 298 g/mol. The highest BCUT2D eigenvalue weighted by Crippen LogP contribution is 2.40. The Hall–Kier alpha value is 0.270. The second kappa shape index (κ2) is 7.51. The van der Waals surface area contributed by atoms with Crippen molar-refractivity contribution in [3.8, 4) is 0 Å². The van der Waals surface area contributed by atoms with Crippen LogP contribution in [0.4, 0.5) is 0 Å². The van der Waals surface area contributed by atoms with Gasteiger partial charge in [0.25, 0.3) is 0 Å². The second-order valence-electron chi connectivity index (χ2n) is 7.65. The lowest BCUT2D eigenvalue weighted by atomic mass is 9.69. The van der Waals surface area contributed by atoms with Crippen LogP contribution in [0.25, 0.3) is 0 Å². The molecule has 20 heavy (non-hydrogen) atoms. The predicted octanol–water partition coefficient (Wildman–Crippen LogP) is 3.62. The van der Waals surface area contributed by atoms with Crippen LogP contribution in [0.3, 0.4) is 0 Å². The fraction of sp³-hybridized carbons (Fsp3) is 1.00. The first-order chi connectivity index (χ1) is 9.49. The lowest BCUT2D eigenvalue weighted by Gasteiger charge is -2.45. The number of rotatable bonds is 5. The molecule has 1 aliphatic heterocycles. The van der Waals surface area contributed by atoms with Crippen LogP contribution in [-0.4, -0.2) is 48.1 Å². The van der Waals surface area contributed by atoms with Gasteiger partial charge in [0, 0.05) is 43.2 Å². The Bertz CT molecular complexity index is 295. The zero-order valence-corrected chi connectivity index (χ0v) is 14.8. The van der Waals surface area contributed by atoms with Crippen LogP contribution in [0.5, 0.6) is 0 Å². The van der Waals surface area contributed by atoms with E-state index in [0.717, 1.165) is 11.2 Å². The summed E-state index contributed by atoms with van der Waals surface area (Å²) in [5.74, 6) is 2.24. The second-order valence-corrected chi connectivity index (χ2v) is 9.20. The first-order valence-electron chi connectivity index (χ1n) is 8.56. The normalized spacial score (nSPS) is 36.5. The maximum atomic E-state index is 3.75. The molecule has 2 rings (SSSR count). The molecule has 2 nitrogen and oxygen atoms in total. The van der Waals surface area contributed by atoms with Gasteiger partial charge in [0.2, 0.25) is 0 Å². The quantitative estimate of drug-likeness (QED) is 0.834. The van der Waals surface area contributed by atoms with Crippen molar-refractivity contribution in [2.45, 2.75) is 64.7 Å². The lowest BCUT2D eigenvalue weighted by molar-refractivity contribution is 0.0800. The van der Waals surface area contributed by atoms with E-state index in [4.69, 9.17) is 0 Å². The predicted molar refractivity (Wildman–Crippen MR) is 91.6 cm³/mol. The molecular formula is C17H34N2S. The van der Waals surface area contributed by atoms with Gasteiger partial charge in [-0.25, -0.2) is 0 Å². The van der Waals surface area contributed by atoms with E-state index in [2.05, 4.69) is 49.7 Å². The van der Waals surface area contributed by atoms with Crippen molar-refractivity contribution in [2.24, 2.45) is 11.3 Å². The van der Waals surface area contributed by atoms with Crippen molar-refractivity contribution < 1.29 is 0 Å². The largest absolute Gasteiger partial charge is 0.314 e. The number of hydrogen-bond donors (Lipinski definition) is 1. The highest BCUT2D eigenvalue weighted by molar-refractivity contribution is 7.99. The molecule has 0 aromatic heterocycles. The molecule has 1 aliphatic carbocycles. The summed E-state index contributed by atoms with van der Waals surface area (Å²) < 4.78 is 0. The summed E-state index contributed by atoms with van der Waals surface area (Å²) in [5, 5.41) is 4.56.